The fourth-order valence-corrected chi connectivity index (χ4v) is 2.28. The topological polar surface area (TPSA) is 42.0 Å². The first kappa shape index (κ1) is 12.5. The van der Waals surface area contributed by atoms with Gasteiger partial charge in [-0.3, -0.25) is 4.79 Å². The van der Waals surface area contributed by atoms with Crippen molar-refractivity contribution in [2.24, 2.45) is 5.92 Å². The molecule has 1 heterocycles. The summed E-state index contributed by atoms with van der Waals surface area (Å²) in [6.07, 6.45) is 0. The van der Waals surface area contributed by atoms with E-state index in [0.717, 1.165) is 15.9 Å². The Labute approximate surface area is 112 Å². The van der Waals surface area contributed by atoms with Gasteiger partial charge in [-0.15, -0.1) is 11.3 Å². The third kappa shape index (κ3) is 2.84. The minimum Gasteiger partial charge on any atom is -0.325 e. The van der Waals surface area contributed by atoms with Gasteiger partial charge in [0.05, 0.1) is 20.6 Å². The molecule has 1 unspecified atom stereocenters. The van der Waals surface area contributed by atoms with Crippen LogP contribution < -0.4 is 5.32 Å². The molecule has 1 amide bonds. The molecular weight excluding hydrogens is 300 g/mol. The van der Waals surface area contributed by atoms with Crippen LogP contribution in [0.15, 0.2) is 23.7 Å². The van der Waals surface area contributed by atoms with Crippen molar-refractivity contribution in [1.82, 2.24) is 4.98 Å². The molecule has 2 rings (SSSR count). The van der Waals surface area contributed by atoms with Gasteiger partial charge < -0.3 is 5.32 Å². The van der Waals surface area contributed by atoms with Gasteiger partial charge in [-0.2, -0.15) is 0 Å². The van der Waals surface area contributed by atoms with Crippen molar-refractivity contribution in [3.05, 3.63) is 23.7 Å². The summed E-state index contributed by atoms with van der Waals surface area (Å²) in [6, 6.07) is 5.74. The molecule has 3 nitrogen and oxygen atoms in total. The second kappa shape index (κ2) is 5.14. The van der Waals surface area contributed by atoms with Gasteiger partial charge >= 0.3 is 0 Å². The van der Waals surface area contributed by atoms with Crippen molar-refractivity contribution >= 4 is 49.1 Å². The van der Waals surface area contributed by atoms with Crippen molar-refractivity contribution in [3.63, 3.8) is 0 Å². The first-order valence-electron chi connectivity index (χ1n) is 5.36. The zero-order chi connectivity index (χ0) is 12.4. The third-order valence-electron chi connectivity index (χ3n) is 2.43. The summed E-state index contributed by atoms with van der Waals surface area (Å²) in [7, 11) is 0. The van der Waals surface area contributed by atoms with E-state index >= 15 is 0 Å². The first-order valence-corrected chi connectivity index (χ1v) is 7.15. The molecule has 0 saturated heterocycles. The Morgan fingerprint density at radius 3 is 2.94 bits per heavy atom. The number of nitrogens with one attached hydrogen (secondary N) is 1. The van der Waals surface area contributed by atoms with Crippen LogP contribution >= 0.6 is 27.3 Å². The predicted molar refractivity (Wildman–Crippen MR) is 75.8 cm³/mol. The van der Waals surface area contributed by atoms with E-state index in [2.05, 4.69) is 26.2 Å². The van der Waals surface area contributed by atoms with Crippen molar-refractivity contribution in [2.75, 3.05) is 5.32 Å². The van der Waals surface area contributed by atoms with Crippen LogP contribution in [-0.2, 0) is 4.79 Å². The van der Waals surface area contributed by atoms with Gasteiger partial charge in [-0.25, -0.2) is 4.98 Å². The highest BCUT2D eigenvalue weighted by atomic mass is 79.9. The van der Waals surface area contributed by atoms with Gasteiger partial charge in [0.2, 0.25) is 5.91 Å². The summed E-state index contributed by atoms with van der Waals surface area (Å²) >= 11 is 4.95. The van der Waals surface area contributed by atoms with Gasteiger partial charge in [0, 0.05) is 5.69 Å². The number of hydrogen-bond acceptors (Lipinski definition) is 3. The van der Waals surface area contributed by atoms with Gasteiger partial charge in [0.15, 0.2) is 0 Å². The van der Waals surface area contributed by atoms with Gasteiger partial charge in [-0.1, -0.05) is 29.8 Å². The number of thiazole rings is 1. The van der Waals surface area contributed by atoms with Crippen LogP contribution in [0.4, 0.5) is 5.69 Å². The summed E-state index contributed by atoms with van der Waals surface area (Å²) in [5.74, 6) is 0.256. The molecule has 0 fully saturated rings. The van der Waals surface area contributed by atoms with Crippen molar-refractivity contribution < 1.29 is 4.79 Å². The molecule has 1 aromatic carbocycles. The zero-order valence-corrected chi connectivity index (χ0v) is 12.0. The summed E-state index contributed by atoms with van der Waals surface area (Å²) in [5, 5.41) is 2.90. The summed E-state index contributed by atoms with van der Waals surface area (Å²) in [4.78, 5) is 15.9. The van der Waals surface area contributed by atoms with Crippen molar-refractivity contribution in [3.8, 4) is 0 Å². The Hall–Kier alpha value is -0.940. The Kier molecular flexibility index (Phi) is 3.79. The van der Waals surface area contributed by atoms with Gasteiger partial charge in [0.1, 0.15) is 0 Å². The van der Waals surface area contributed by atoms with E-state index in [1.807, 2.05) is 32.0 Å². The van der Waals surface area contributed by atoms with Crippen LogP contribution in [0.3, 0.4) is 0 Å². The molecule has 2 aromatic rings. The number of aromatic nitrogens is 1. The van der Waals surface area contributed by atoms with E-state index in [-0.39, 0.29) is 16.7 Å². The van der Waals surface area contributed by atoms with E-state index in [9.17, 15) is 4.79 Å². The van der Waals surface area contributed by atoms with Crippen LogP contribution in [0.5, 0.6) is 0 Å². The monoisotopic (exact) mass is 312 g/mol. The molecule has 17 heavy (non-hydrogen) atoms. The van der Waals surface area contributed by atoms with Crippen LogP contribution in [0.1, 0.15) is 13.8 Å². The maximum atomic E-state index is 11.9. The number of benzene rings is 1. The molecule has 0 aliphatic heterocycles. The lowest BCUT2D eigenvalue weighted by atomic mass is 10.1. The smallest absolute Gasteiger partial charge is 0.238 e. The number of halogens is 1. The molecular formula is C12H13BrN2OS. The molecule has 0 aliphatic carbocycles. The number of fused-ring (bicyclic) bond motifs is 1. The van der Waals surface area contributed by atoms with Gasteiger partial charge in [0.25, 0.3) is 0 Å². The standard InChI is InChI=1S/C12H13BrN2OS/c1-7(2)11(13)12(16)15-8-3-4-9-10(5-8)17-6-14-9/h3-7,11H,1-2H3,(H,15,16). The second-order valence-electron chi connectivity index (χ2n) is 4.17. The fourth-order valence-electron chi connectivity index (χ4n) is 1.45. The van der Waals surface area contributed by atoms with Crippen LogP contribution in [0.25, 0.3) is 10.2 Å². The number of carbonyl (C=O) groups excluding carboxylic acids is 1. The molecule has 0 bridgehead atoms. The normalized spacial score (nSPS) is 12.9. The number of anilines is 1. The predicted octanol–water partition coefficient (Wildman–Crippen LogP) is 3.65. The lowest BCUT2D eigenvalue weighted by Crippen LogP contribution is -2.26. The molecule has 0 saturated carbocycles. The molecule has 90 valence electrons. The Bertz CT molecular complexity index is 538. The average molecular weight is 313 g/mol. The number of alkyl halides is 1. The number of hydrogen-bond donors (Lipinski definition) is 1. The molecule has 5 heteroatoms. The average Bonchev–Trinajstić information content (AvgIpc) is 2.74. The van der Waals surface area contributed by atoms with Crippen molar-refractivity contribution in [1.29, 1.82) is 0 Å². The van der Waals surface area contributed by atoms with Gasteiger partial charge in [-0.05, 0) is 24.1 Å². The first-order chi connectivity index (χ1) is 8.08. The van der Waals surface area contributed by atoms with Crippen LogP contribution in [0.2, 0.25) is 0 Å². The lowest BCUT2D eigenvalue weighted by Gasteiger charge is -2.13. The Morgan fingerprint density at radius 2 is 2.24 bits per heavy atom. The highest BCUT2D eigenvalue weighted by Crippen LogP contribution is 2.23. The zero-order valence-electron chi connectivity index (χ0n) is 9.61. The molecule has 1 N–H and O–H groups in total. The summed E-state index contributed by atoms with van der Waals surface area (Å²) < 4.78 is 1.08. The van der Waals surface area contributed by atoms with Crippen LogP contribution in [-0.4, -0.2) is 15.7 Å². The Morgan fingerprint density at radius 1 is 1.47 bits per heavy atom. The molecule has 1 atom stereocenters. The highest BCUT2D eigenvalue weighted by Gasteiger charge is 2.18. The fraction of sp³-hybridized carbons (Fsp3) is 0.333. The molecule has 0 spiro atoms. The quantitative estimate of drug-likeness (QED) is 0.879. The maximum absolute atomic E-state index is 11.9. The minimum atomic E-state index is -0.167. The number of nitrogens with zero attached hydrogens (tertiary/aromatic N) is 1. The SMILES string of the molecule is CC(C)C(Br)C(=O)Nc1ccc2ncsc2c1. The van der Waals surface area contributed by atoms with E-state index < -0.39 is 0 Å². The second-order valence-corrected chi connectivity index (χ2v) is 6.04. The van der Waals surface area contributed by atoms with E-state index in [0.29, 0.717) is 0 Å². The molecule has 1 aromatic heterocycles. The Balaban J connectivity index is 2.15. The van der Waals surface area contributed by atoms with E-state index in [4.69, 9.17) is 0 Å². The number of rotatable bonds is 3. The summed E-state index contributed by atoms with van der Waals surface area (Å²) in [5.41, 5.74) is 3.58. The maximum Gasteiger partial charge on any atom is 0.238 e. The molecule has 0 radical (unpaired) electrons. The summed E-state index contributed by atoms with van der Waals surface area (Å²) in [6.45, 7) is 4.01. The minimum absolute atomic E-state index is 0.0103. The van der Waals surface area contributed by atoms with Crippen LogP contribution in [0, 0.1) is 5.92 Å². The number of carbonyl (C=O) groups is 1. The van der Waals surface area contributed by atoms with E-state index in [1.54, 1.807) is 16.8 Å². The van der Waals surface area contributed by atoms with Crippen molar-refractivity contribution in [2.45, 2.75) is 18.7 Å². The highest BCUT2D eigenvalue weighted by molar-refractivity contribution is 9.10. The van der Waals surface area contributed by atoms with E-state index in [1.165, 1.54) is 0 Å². The number of amides is 1. The lowest BCUT2D eigenvalue weighted by molar-refractivity contribution is -0.116. The molecule has 0 aliphatic rings. The largest absolute Gasteiger partial charge is 0.325 e. The third-order valence-corrected chi connectivity index (χ3v) is 4.70.